The molecule has 6 heteroatoms. The van der Waals surface area contributed by atoms with Crippen LogP contribution in [0.1, 0.15) is 55.6 Å². The van der Waals surface area contributed by atoms with Gasteiger partial charge < -0.3 is 14.5 Å². The van der Waals surface area contributed by atoms with E-state index in [9.17, 15) is 4.79 Å². The Balaban J connectivity index is 1.31. The summed E-state index contributed by atoms with van der Waals surface area (Å²) in [5.74, 6) is 1.69. The van der Waals surface area contributed by atoms with E-state index in [4.69, 9.17) is 4.74 Å². The molecule has 3 aromatic rings. The topological polar surface area (TPSA) is 48.9 Å². The van der Waals surface area contributed by atoms with Gasteiger partial charge in [0.05, 0.1) is 17.1 Å². The van der Waals surface area contributed by atoms with Crippen LogP contribution in [-0.2, 0) is 6.54 Å². The van der Waals surface area contributed by atoms with Gasteiger partial charge in [-0.1, -0.05) is 18.2 Å². The maximum Gasteiger partial charge on any atom is 0.253 e. The highest BCUT2D eigenvalue weighted by Crippen LogP contribution is 2.51. The average Bonchev–Trinajstić information content (AvgIpc) is 3.14. The van der Waals surface area contributed by atoms with Crippen LogP contribution < -0.4 is 9.64 Å². The fraction of sp³-hybridized carbons (Fsp3) is 0.400. The largest absolute Gasteiger partial charge is 0.453 e. The zero-order valence-electron chi connectivity index (χ0n) is 21.1. The molecule has 2 saturated heterocycles. The molecule has 0 radical (unpaired) electrons. The molecule has 0 saturated carbocycles. The minimum absolute atomic E-state index is 0.0534. The molecule has 2 aromatic carbocycles. The number of benzene rings is 2. The number of fused-ring (bicyclic) bond motifs is 4. The minimum atomic E-state index is 0.0534. The Hall–Kier alpha value is -3.38. The summed E-state index contributed by atoms with van der Waals surface area (Å²) < 4.78 is 6.37. The van der Waals surface area contributed by atoms with Crippen molar-refractivity contribution in [2.75, 3.05) is 18.0 Å². The van der Waals surface area contributed by atoms with Gasteiger partial charge >= 0.3 is 0 Å². The molecule has 36 heavy (non-hydrogen) atoms. The predicted octanol–water partition coefficient (Wildman–Crippen LogP) is 6.00. The fourth-order valence-corrected chi connectivity index (χ4v) is 6.40. The molecule has 6 nitrogen and oxygen atoms in total. The van der Waals surface area contributed by atoms with Gasteiger partial charge in [-0.15, -0.1) is 0 Å². The van der Waals surface area contributed by atoms with E-state index in [-0.39, 0.29) is 5.91 Å². The molecular weight excluding hydrogens is 448 g/mol. The van der Waals surface area contributed by atoms with E-state index in [0.717, 1.165) is 48.0 Å². The van der Waals surface area contributed by atoms with Crippen LogP contribution in [0.2, 0.25) is 0 Å². The second-order valence-corrected chi connectivity index (χ2v) is 10.1. The number of carbonyl (C=O) groups is 1. The normalized spacial score (nSPS) is 22.5. The molecule has 1 aromatic heterocycles. The van der Waals surface area contributed by atoms with Crippen LogP contribution in [0.4, 0.5) is 11.4 Å². The molecule has 2 unspecified atom stereocenters. The summed E-state index contributed by atoms with van der Waals surface area (Å²) in [6, 6.07) is 22.0. The molecule has 4 heterocycles. The molecule has 2 bridgehead atoms. The summed E-state index contributed by atoms with van der Waals surface area (Å²) in [5.41, 5.74) is 4.02. The second-order valence-electron chi connectivity index (χ2n) is 10.1. The average molecular weight is 483 g/mol. The first-order valence-electron chi connectivity index (χ1n) is 13.3. The smallest absolute Gasteiger partial charge is 0.253 e. The van der Waals surface area contributed by atoms with Crippen LogP contribution in [0.15, 0.2) is 66.9 Å². The van der Waals surface area contributed by atoms with Gasteiger partial charge in [-0.2, -0.15) is 0 Å². The summed E-state index contributed by atoms with van der Waals surface area (Å²) in [5, 5.41) is 0. The van der Waals surface area contributed by atoms with Gasteiger partial charge in [-0.25, -0.2) is 0 Å². The van der Waals surface area contributed by atoms with Crippen LogP contribution in [0.25, 0.3) is 0 Å². The Morgan fingerprint density at radius 2 is 1.64 bits per heavy atom. The molecular formula is C30H34N4O2. The van der Waals surface area contributed by atoms with E-state index in [0.29, 0.717) is 36.8 Å². The number of amides is 1. The molecule has 2 fully saturated rings. The number of piperidine rings is 1. The number of hydrogen-bond acceptors (Lipinski definition) is 5. The molecule has 186 valence electrons. The molecule has 6 rings (SSSR count). The van der Waals surface area contributed by atoms with Crippen LogP contribution in [-0.4, -0.2) is 51.9 Å². The lowest BCUT2D eigenvalue weighted by atomic mass is 9.93. The highest BCUT2D eigenvalue weighted by Gasteiger charge is 2.44. The molecule has 3 atom stereocenters. The lowest BCUT2D eigenvalue weighted by Crippen LogP contribution is -2.49. The molecule has 0 spiro atoms. The van der Waals surface area contributed by atoms with Crippen molar-refractivity contribution >= 4 is 17.3 Å². The van der Waals surface area contributed by atoms with E-state index in [1.807, 2.05) is 55.3 Å². The summed E-state index contributed by atoms with van der Waals surface area (Å²) in [6.45, 7) is 6.35. The fourth-order valence-electron chi connectivity index (χ4n) is 6.40. The zero-order chi connectivity index (χ0) is 24.6. The number of nitrogens with zero attached hydrogens (tertiary/aromatic N) is 4. The van der Waals surface area contributed by atoms with Gasteiger partial charge in [0.2, 0.25) is 0 Å². The van der Waals surface area contributed by atoms with Crippen molar-refractivity contribution < 1.29 is 9.53 Å². The lowest BCUT2D eigenvalue weighted by molar-refractivity contribution is 0.0772. The van der Waals surface area contributed by atoms with Crippen molar-refractivity contribution in [2.24, 2.45) is 0 Å². The predicted molar refractivity (Wildman–Crippen MR) is 142 cm³/mol. The van der Waals surface area contributed by atoms with Crippen molar-refractivity contribution in [2.45, 2.75) is 64.2 Å². The van der Waals surface area contributed by atoms with Crippen LogP contribution in [0.3, 0.4) is 0 Å². The van der Waals surface area contributed by atoms with Crippen LogP contribution in [0, 0.1) is 0 Å². The number of ether oxygens (including phenoxy) is 1. The Bertz CT molecular complexity index is 1230. The van der Waals surface area contributed by atoms with Crippen molar-refractivity contribution in [3.63, 3.8) is 0 Å². The van der Waals surface area contributed by atoms with Gasteiger partial charge in [-0.05, 0) is 82.0 Å². The maximum absolute atomic E-state index is 13.0. The minimum Gasteiger partial charge on any atom is -0.453 e. The SMILES string of the molecule is CCN(CC)C(=O)c1ccc2c(c1)Oc1ccccc1N2C1CC2CC[C@H](C1)N2Cc1ccccn1. The third-order valence-corrected chi connectivity index (χ3v) is 8.16. The van der Waals surface area contributed by atoms with E-state index in [2.05, 4.69) is 45.1 Å². The standard InChI is InChI=1S/C30H34N4O2/c1-3-32(4-2)30(35)21-12-15-27-29(17-21)36-28-11-6-5-10-26(28)34(27)25-18-23-13-14-24(19-25)33(23)20-22-9-7-8-16-31-22/h5-12,15-17,23-25H,3-4,13-14,18-20H2,1-2H3/t23-,24?,25?/m1/s1. The summed E-state index contributed by atoms with van der Waals surface area (Å²) >= 11 is 0. The molecule has 3 aliphatic heterocycles. The Morgan fingerprint density at radius 3 is 2.36 bits per heavy atom. The number of rotatable bonds is 6. The number of pyridine rings is 1. The van der Waals surface area contributed by atoms with Crippen molar-refractivity contribution in [3.05, 3.63) is 78.1 Å². The van der Waals surface area contributed by atoms with Crippen LogP contribution >= 0.6 is 0 Å². The molecule has 0 N–H and O–H groups in total. The van der Waals surface area contributed by atoms with Gasteiger partial charge in [0.15, 0.2) is 11.5 Å². The highest BCUT2D eigenvalue weighted by molar-refractivity contribution is 5.96. The first-order valence-corrected chi connectivity index (χ1v) is 13.3. The Kier molecular flexibility index (Phi) is 6.13. The lowest BCUT2D eigenvalue weighted by Gasteiger charge is -2.46. The Labute approximate surface area is 213 Å². The molecule has 1 amide bonds. The quantitative estimate of drug-likeness (QED) is 0.431. The van der Waals surface area contributed by atoms with Gasteiger partial charge in [0, 0.05) is 49.5 Å². The van der Waals surface area contributed by atoms with E-state index >= 15 is 0 Å². The van der Waals surface area contributed by atoms with Crippen molar-refractivity contribution in [1.29, 1.82) is 0 Å². The van der Waals surface area contributed by atoms with Crippen molar-refractivity contribution in [3.8, 4) is 11.5 Å². The Morgan fingerprint density at radius 1 is 0.917 bits per heavy atom. The number of para-hydroxylation sites is 2. The molecule has 0 aliphatic carbocycles. The van der Waals surface area contributed by atoms with E-state index < -0.39 is 0 Å². The summed E-state index contributed by atoms with van der Waals surface area (Å²) in [7, 11) is 0. The number of hydrogen-bond donors (Lipinski definition) is 0. The number of carbonyl (C=O) groups excluding carboxylic acids is 1. The van der Waals surface area contributed by atoms with Gasteiger partial charge in [-0.3, -0.25) is 14.7 Å². The van der Waals surface area contributed by atoms with Crippen LogP contribution in [0.5, 0.6) is 11.5 Å². The third kappa shape index (κ3) is 4.03. The molecule has 3 aliphatic rings. The summed E-state index contributed by atoms with van der Waals surface area (Å²) in [4.78, 5) is 24.7. The number of aromatic nitrogens is 1. The third-order valence-electron chi connectivity index (χ3n) is 8.16. The van der Waals surface area contributed by atoms with Gasteiger partial charge in [0.25, 0.3) is 5.91 Å². The second kappa shape index (κ2) is 9.58. The highest BCUT2D eigenvalue weighted by atomic mass is 16.5. The first-order chi connectivity index (χ1) is 17.7. The van der Waals surface area contributed by atoms with E-state index in [1.165, 1.54) is 12.8 Å². The monoisotopic (exact) mass is 482 g/mol. The van der Waals surface area contributed by atoms with E-state index in [1.54, 1.807) is 0 Å². The zero-order valence-corrected chi connectivity index (χ0v) is 21.1. The first kappa shape index (κ1) is 23.0. The van der Waals surface area contributed by atoms with Gasteiger partial charge in [0.1, 0.15) is 0 Å². The maximum atomic E-state index is 13.0. The van der Waals surface area contributed by atoms with Crippen molar-refractivity contribution in [1.82, 2.24) is 14.8 Å². The number of anilines is 2. The summed E-state index contributed by atoms with van der Waals surface area (Å²) in [6.07, 6.45) is 6.59.